The lowest BCUT2D eigenvalue weighted by molar-refractivity contribution is 0.407. The van der Waals surface area contributed by atoms with Crippen molar-refractivity contribution < 1.29 is 0 Å². The van der Waals surface area contributed by atoms with E-state index in [9.17, 15) is 0 Å². The lowest BCUT2D eigenvalue weighted by atomic mass is 9.71. The summed E-state index contributed by atoms with van der Waals surface area (Å²) in [6, 6.07) is 20.3. The largest absolute Gasteiger partial charge is 0.0808 e. The molecule has 136 valence electrons. The van der Waals surface area contributed by atoms with Crippen molar-refractivity contribution >= 4 is 33.4 Å². The van der Waals surface area contributed by atoms with Gasteiger partial charge in [-0.25, -0.2) is 0 Å². The average Bonchev–Trinajstić information content (AvgIpc) is 2.72. The number of benzene rings is 3. The SMILES string of the molecule is CC1/C=C\C=C/Cc2ccc(-c3ccc(I)c4ccccc34)cc2C1(C)C. The summed E-state index contributed by atoms with van der Waals surface area (Å²) in [4.78, 5) is 0. The second-order valence-corrected chi connectivity index (χ2v) is 9.20. The molecule has 1 unspecified atom stereocenters. The molecule has 0 saturated carbocycles. The van der Waals surface area contributed by atoms with E-state index in [1.807, 2.05) is 0 Å². The lowest BCUT2D eigenvalue weighted by Gasteiger charge is -2.33. The maximum absolute atomic E-state index is 2.44. The van der Waals surface area contributed by atoms with E-state index in [-0.39, 0.29) is 5.41 Å². The molecular weight excluding hydrogens is 439 g/mol. The fraction of sp³-hybridized carbons (Fsp3) is 0.231. The minimum atomic E-state index is 0.0901. The monoisotopic (exact) mass is 464 g/mol. The van der Waals surface area contributed by atoms with Crippen molar-refractivity contribution in [2.75, 3.05) is 0 Å². The smallest absolute Gasteiger partial charge is 0.0209 e. The first-order chi connectivity index (χ1) is 13.0. The predicted molar refractivity (Wildman–Crippen MR) is 126 cm³/mol. The predicted octanol–water partition coefficient (Wildman–Crippen LogP) is 7.69. The quantitative estimate of drug-likeness (QED) is 0.324. The minimum Gasteiger partial charge on any atom is -0.0808 e. The fourth-order valence-electron chi connectivity index (χ4n) is 4.03. The maximum atomic E-state index is 2.44. The van der Waals surface area contributed by atoms with Crippen LogP contribution < -0.4 is 0 Å². The van der Waals surface area contributed by atoms with Gasteiger partial charge in [0.25, 0.3) is 0 Å². The molecule has 0 heterocycles. The summed E-state index contributed by atoms with van der Waals surface area (Å²) in [6.07, 6.45) is 9.97. The molecule has 0 nitrogen and oxygen atoms in total. The van der Waals surface area contributed by atoms with Crippen molar-refractivity contribution in [3.8, 4) is 11.1 Å². The van der Waals surface area contributed by atoms with Crippen LogP contribution in [-0.2, 0) is 11.8 Å². The second kappa shape index (κ2) is 7.27. The van der Waals surface area contributed by atoms with Crippen molar-refractivity contribution in [1.29, 1.82) is 0 Å². The Labute approximate surface area is 176 Å². The fourth-order valence-corrected chi connectivity index (χ4v) is 4.68. The summed E-state index contributed by atoms with van der Waals surface area (Å²) in [5.74, 6) is 0.475. The molecule has 1 aliphatic carbocycles. The molecule has 0 N–H and O–H groups in total. The normalized spacial score (nSPS) is 21.0. The lowest BCUT2D eigenvalue weighted by Crippen LogP contribution is -2.26. The first-order valence-corrected chi connectivity index (χ1v) is 10.7. The first kappa shape index (κ1) is 18.5. The van der Waals surface area contributed by atoms with Gasteiger partial charge in [-0.1, -0.05) is 93.6 Å². The van der Waals surface area contributed by atoms with Gasteiger partial charge in [-0.2, -0.15) is 0 Å². The molecule has 0 radical (unpaired) electrons. The Morgan fingerprint density at radius 1 is 0.926 bits per heavy atom. The van der Waals surface area contributed by atoms with E-state index in [1.165, 1.54) is 36.6 Å². The Bertz CT molecular complexity index is 1050. The molecule has 0 saturated heterocycles. The van der Waals surface area contributed by atoms with E-state index in [0.717, 1.165) is 6.42 Å². The van der Waals surface area contributed by atoms with Gasteiger partial charge < -0.3 is 0 Å². The molecule has 0 spiro atoms. The van der Waals surface area contributed by atoms with Crippen LogP contribution in [0.1, 0.15) is 31.9 Å². The molecule has 0 aliphatic heterocycles. The number of fused-ring (bicyclic) bond motifs is 2. The summed E-state index contributed by atoms with van der Waals surface area (Å²) in [5.41, 5.74) is 5.63. The van der Waals surface area contributed by atoms with Crippen LogP contribution in [0.3, 0.4) is 0 Å². The second-order valence-electron chi connectivity index (χ2n) is 8.04. The number of halogens is 1. The van der Waals surface area contributed by atoms with Crippen LogP contribution in [-0.4, -0.2) is 0 Å². The van der Waals surface area contributed by atoms with Gasteiger partial charge in [-0.3, -0.25) is 0 Å². The zero-order valence-corrected chi connectivity index (χ0v) is 18.3. The standard InChI is InChI=1S/C26H25I/c1-18-9-5-4-6-10-19-13-14-20(17-24(19)26(18,2)3)21-15-16-25(27)23-12-8-7-11-22(21)23/h4-9,11-18H,10H2,1-3H3/b6-4-,9-5-. The third-order valence-corrected chi connectivity index (χ3v) is 7.05. The molecule has 0 bridgehead atoms. The summed E-state index contributed by atoms with van der Waals surface area (Å²) in [6.45, 7) is 7.08. The minimum absolute atomic E-state index is 0.0901. The maximum Gasteiger partial charge on any atom is 0.0209 e. The number of hydrogen-bond donors (Lipinski definition) is 0. The molecule has 0 fully saturated rings. The van der Waals surface area contributed by atoms with Gasteiger partial charge in [-0.15, -0.1) is 0 Å². The van der Waals surface area contributed by atoms with Crippen molar-refractivity contribution in [1.82, 2.24) is 0 Å². The molecule has 4 rings (SSSR count). The zero-order valence-electron chi connectivity index (χ0n) is 16.2. The molecule has 1 aliphatic rings. The van der Waals surface area contributed by atoms with Crippen LogP contribution in [0.4, 0.5) is 0 Å². The highest BCUT2D eigenvalue weighted by atomic mass is 127. The Morgan fingerprint density at radius 2 is 1.70 bits per heavy atom. The van der Waals surface area contributed by atoms with Gasteiger partial charge in [0, 0.05) is 3.57 Å². The molecule has 1 heteroatoms. The van der Waals surface area contributed by atoms with Gasteiger partial charge in [-0.05, 0) is 79.4 Å². The molecule has 3 aromatic rings. The van der Waals surface area contributed by atoms with Gasteiger partial charge in [0.15, 0.2) is 0 Å². The van der Waals surface area contributed by atoms with E-state index >= 15 is 0 Å². The molecule has 1 atom stereocenters. The molecule has 0 amide bonds. The Hall–Kier alpha value is -1.87. The number of allylic oxidation sites excluding steroid dienone is 4. The average molecular weight is 464 g/mol. The molecule has 0 aromatic heterocycles. The van der Waals surface area contributed by atoms with Gasteiger partial charge in [0.05, 0.1) is 0 Å². The first-order valence-electron chi connectivity index (χ1n) is 9.63. The highest BCUT2D eigenvalue weighted by Gasteiger charge is 2.29. The van der Waals surface area contributed by atoms with Crippen LogP contribution in [0.5, 0.6) is 0 Å². The highest BCUT2D eigenvalue weighted by Crippen LogP contribution is 2.39. The van der Waals surface area contributed by atoms with Gasteiger partial charge in [0.1, 0.15) is 0 Å². The molecule has 27 heavy (non-hydrogen) atoms. The Kier molecular flexibility index (Phi) is 4.98. The summed E-state index contributed by atoms with van der Waals surface area (Å²) >= 11 is 2.44. The van der Waals surface area contributed by atoms with Crippen LogP contribution >= 0.6 is 22.6 Å². The van der Waals surface area contributed by atoms with E-state index < -0.39 is 0 Å². The third-order valence-electron chi connectivity index (χ3n) is 6.11. The zero-order chi connectivity index (χ0) is 19.0. The van der Waals surface area contributed by atoms with Crippen molar-refractivity contribution in [2.45, 2.75) is 32.6 Å². The Balaban J connectivity index is 1.93. The molecule has 3 aromatic carbocycles. The van der Waals surface area contributed by atoms with E-state index in [4.69, 9.17) is 0 Å². The third kappa shape index (κ3) is 3.38. The Morgan fingerprint density at radius 3 is 2.52 bits per heavy atom. The molecular formula is C26H25I. The van der Waals surface area contributed by atoms with Crippen LogP contribution in [0, 0.1) is 9.49 Å². The number of hydrogen-bond acceptors (Lipinski definition) is 0. The van der Waals surface area contributed by atoms with Crippen LogP contribution in [0.15, 0.2) is 78.9 Å². The van der Waals surface area contributed by atoms with Gasteiger partial charge in [0.2, 0.25) is 0 Å². The van der Waals surface area contributed by atoms with E-state index in [1.54, 1.807) is 0 Å². The van der Waals surface area contributed by atoms with Crippen LogP contribution in [0.25, 0.3) is 21.9 Å². The van der Waals surface area contributed by atoms with Crippen molar-refractivity contribution in [3.63, 3.8) is 0 Å². The summed E-state index contributed by atoms with van der Waals surface area (Å²) in [7, 11) is 0. The highest BCUT2D eigenvalue weighted by molar-refractivity contribution is 14.1. The van der Waals surface area contributed by atoms with Gasteiger partial charge >= 0.3 is 0 Å². The van der Waals surface area contributed by atoms with Crippen molar-refractivity contribution in [3.05, 3.63) is 93.6 Å². The van der Waals surface area contributed by atoms with Crippen molar-refractivity contribution in [2.24, 2.45) is 5.92 Å². The number of rotatable bonds is 1. The summed E-state index contributed by atoms with van der Waals surface area (Å²) in [5, 5.41) is 2.66. The van der Waals surface area contributed by atoms with Crippen LogP contribution in [0.2, 0.25) is 0 Å². The topological polar surface area (TPSA) is 0 Å². The van der Waals surface area contributed by atoms with E-state index in [0.29, 0.717) is 5.92 Å². The van der Waals surface area contributed by atoms with E-state index in [2.05, 4.69) is 122 Å². The summed E-state index contributed by atoms with van der Waals surface area (Å²) < 4.78 is 1.30.